The Morgan fingerprint density at radius 3 is 2.07 bits per heavy atom. The van der Waals surface area contributed by atoms with Crippen LogP contribution in [0, 0.1) is 0 Å². The first-order valence-corrected chi connectivity index (χ1v) is 10.6. The van der Waals surface area contributed by atoms with Crippen molar-refractivity contribution < 1.29 is 4.79 Å². The van der Waals surface area contributed by atoms with Gasteiger partial charge in [-0.25, -0.2) is 4.79 Å². The molecule has 0 bridgehead atoms. The Balaban J connectivity index is 1.72. The number of hydrogen-bond donors (Lipinski definition) is 2. The third kappa shape index (κ3) is 5.94. The van der Waals surface area contributed by atoms with Crippen LogP contribution in [0.2, 0.25) is 0 Å². The standard InChI is InChI=1S/C26H31N3O/c1-3-7-21-10-12-23(13-11-21)24-14-16-25(17-15-24)29(19-20(2)27)26(30)28-18-22-8-5-4-6-9-22/h4-6,8-17,20H,3,7,18-19,27H2,1-2H3,(H,28,30). The van der Waals surface area contributed by atoms with Gasteiger partial charge < -0.3 is 11.1 Å². The average molecular weight is 402 g/mol. The first kappa shape index (κ1) is 21.6. The van der Waals surface area contributed by atoms with Crippen molar-refractivity contribution in [3.8, 4) is 11.1 Å². The molecule has 0 aromatic heterocycles. The SMILES string of the molecule is CCCc1ccc(-c2ccc(N(CC(C)N)C(=O)NCc3ccccc3)cc2)cc1. The van der Waals surface area contributed by atoms with Crippen molar-refractivity contribution in [1.29, 1.82) is 0 Å². The summed E-state index contributed by atoms with van der Waals surface area (Å²) in [5, 5.41) is 3.00. The molecular formula is C26H31N3O. The normalized spacial score (nSPS) is 11.7. The number of urea groups is 1. The van der Waals surface area contributed by atoms with Crippen molar-refractivity contribution in [3.63, 3.8) is 0 Å². The molecule has 0 spiro atoms. The van der Waals surface area contributed by atoms with Gasteiger partial charge >= 0.3 is 6.03 Å². The fraction of sp³-hybridized carbons (Fsp3) is 0.269. The number of amides is 2. The summed E-state index contributed by atoms with van der Waals surface area (Å²) in [5.74, 6) is 0. The maximum Gasteiger partial charge on any atom is 0.322 e. The van der Waals surface area contributed by atoms with Gasteiger partial charge in [-0.15, -0.1) is 0 Å². The molecule has 4 heteroatoms. The molecule has 3 rings (SSSR count). The molecular weight excluding hydrogens is 370 g/mol. The van der Waals surface area contributed by atoms with E-state index in [1.54, 1.807) is 4.90 Å². The number of carbonyl (C=O) groups is 1. The van der Waals surface area contributed by atoms with Crippen LogP contribution in [-0.4, -0.2) is 18.6 Å². The zero-order valence-corrected chi connectivity index (χ0v) is 17.8. The second kappa shape index (κ2) is 10.6. The second-order valence-electron chi connectivity index (χ2n) is 7.73. The highest BCUT2D eigenvalue weighted by atomic mass is 16.2. The van der Waals surface area contributed by atoms with Gasteiger partial charge in [0.2, 0.25) is 0 Å². The van der Waals surface area contributed by atoms with Crippen LogP contribution in [0.15, 0.2) is 78.9 Å². The van der Waals surface area contributed by atoms with E-state index in [1.807, 2.05) is 49.4 Å². The largest absolute Gasteiger partial charge is 0.334 e. The highest BCUT2D eigenvalue weighted by molar-refractivity contribution is 5.92. The van der Waals surface area contributed by atoms with Crippen LogP contribution in [-0.2, 0) is 13.0 Å². The minimum absolute atomic E-state index is 0.127. The number of benzene rings is 3. The van der Waals surface area contributed by atoms with Gasteiger partial charge in [0, 0.05) is 24.8 Å². The van der Waals surface area contributed by atoms with E-state index in [9.17, 15) is 4.79 Å². The van der Waals surface area contributed by atoms with E-state index in [1.165, 1.54) is 11.1 Å². The lowest BCUT2D eigenvalue weighted by molar-refractivity contribution is 0.245. The Morgan fingerprint density at radius 2 is 1.50 bits per heavy atom. The summed E-state index contributed by atoms with van der Waals surface area (Å²) >= 11 is 0. The Bertz CT molecular complexity index is 919. The molecule has 1 atom stereocenters. The lowest BCUT2D eigenvalue weighted by Gasteiger charge is -2.25. The number of hydrogen-bond acceptors (Lipinski definition) is 2. The molecule has 30 heavy (non-hydrogen) atoms. The van der Waals surface area contributed by atoms with Gasteiger partial charge in [-0.2, -0.15) is 0 Å². The molecule has 3 N–H and O–H groups in total. The van der Waals surface area contributed by atoms with Gasteiger partial charge in [0.05, 0.1) is 0 Å². The van der Waals surface area contributed by atoms with E-state index in [0.717, 1.165) is 29.7 Å². The zero-order chi connectivity index (χ0) is 21.3. The Labute approximate surface area is 179 Å². The third-order valence-electron chi connectivity index (χ3n) is 5.01. The summed E-state index contributed by atoms with van der Waals surface area (Å²) in [7, 11) is 0. The van der Waals surface area contributed by atoms with Crippen molar-refractivity contribution in [2.24, 2.45) is 5.73 Å². The van der Waals surface area contributed by atoms with Gasteiger partial charge in [-0.1, -0.05) is 80.1 Å². The molecule has 1 unspecified atom stereocenters. The van der Waals surface area contributed by atoms with Gasteiger partial charge in [0.1, 0.15) is 0 Å². The van der Waals surface area contributed by atoms with E-state index in [-0.39, 0.29) is 12.1 Å². The van der Waals surface area contributed by atoms with Gasteiger partial charge in [-0.3, -0.25) is 4.90 Å². The highest BCUT2D eigenvalue weighted by Crippen LogP contribution is 2.24. The van der Waals surface area contributed by atoms with E-state index in [0.29, 0.717) is 13.1 Å². The van der Waals surface area contributed by atoms with Crippen molar-refractivity contribution in [2.75, 3.05) is 11.4 Å². The number of aryl methyl sites for hydroxylation is 1. The van der Waals surface area contributed by atoms with Crippen molar-refractivity contribution in [1.82, 2.24) is 5.32 Å². The zero-order valence-electron chi connectivity index (χ0n) is 17.8. The van der Waals surface area contributed by atoms with Gasteiger partial charge in [0.15, 0.2) is 0 Å². The Hall–Kier alpha value is -3.11. The highest BCUT2D eigenvalue weighted by Gasteiger charge is 2.17. The summed E-state index contributed by atoms with van der Waals surface area (Å²) < 4.78 is 0. The topological polar surface area (TPSA) is 58.4 Å². The summed E-state index contributed by atoms with van der Waals surface area (Å²) in [6, 6.07) is 26.4. The average Bonchev–Trinajstić information content (AvgIpc) is 2.77. The molecule has 0 saturated heterocycles. The molecule has 3 aromatic carbocycles. The van der Waals surface area contributed by atoms with Crippen LogP contribution in [0.25, 0.3) is 11.1 Å². The van der Waals surface area contributed by atoms with Crippen LogP contribution >= 0.6 is 0 Å². The molecule has 0 saturated carbocycles. The lowest BCUT2D eigenvalue weighted by atomic mass is 10.0. The number of nitrogens with one attached hydrogen (secondary N) is 1. The first-order chi connectivity index (χ1) is 14.6. The number of nitrogens with zero attached hydrogens (tertiary/aromatic N) is 1. The van der Waals surface area contributed by atoms with Crippen molar-refractivity contribution in [3.05, 3.63) is 90.0 Å². The smallest absolute Gasteiger partial charge is 0.322 e. The minimum Gasteiger partial charge on any atom is -0.334 e. The molecule has 156 valence electrons. The number of rotatable bonds is 8. The molecule has 3 aromatic rings. The van der Waals surface area contributed by atoms with Crippen LogP contribution < -0.4 is 16.0 Å². The van der Waals surface area contributed by atoms with Gasteiger partial charge in [-0.05, 0) is 47.7 Å². The Morgan fingerprint density at radius 1 is 0.900 bits per heavy atom. The molecule has 0 heterocycles. The number of anilines is 1. The molecule has 0 fully saturated rings. The van der Waals surface area contributed by atoms with E-state index >= 15 is 0 Å². The van der Waals surface area contributed by atoms with E-state index in [4.69, 9.17) is 5.73 Å². The molecule has 0 aliphatic carbocycles. The van der Waals surface area contributed by atoms with Crippen LogP contribution in [0.1, 0.15) is 31.4 Å². The Kier molecular flexibility index (Phi) is 7.63. The fourth-order valence-corrected chi connectivity index (χ4v) is 3.45. The van der Waals surface area contributed by atoms with Gasteiger partial charge in [0.25, 0.3) is 0 Å². The second-order valence-corrected chi connectivity index (χ2v) is 7.73. The van der Waals surface area contributed by atoms with E-state index in [2.05, 4.69) is 48.6 Å². The van der Waals surface area contributed by atoms with E-state index < -0.39 is 0 Å². The quantitative estimate of drug-likeness (QED) is 0.533. The predicted molar refractivity (Wildman–Crippen MR) is 126 cm³/mol. The van der Waals surface area contributed by atoms with Crippen LogP contribution in [0.3, 0.4) is 0 Å². The summed E-state index contributed by atoms with van der Waals surface area (Å²) in [5.41, 5.74) is 11.6. The maximum absolute atomic E-state index is 12.9. The molecule has 0 radical (unpaired) electrons. The number of nitrogens with two attached hydrogens (primary N) is 1. The summed E-state index contributed by atoms with van der Waals surface area (Å²) in [6.07, 6.45) is 2.25. The third-order valence-corrected chi connectivity index (χ3v) is 5.01. The van der Waals surface area contributed by atoms with Crippen molar-refractivity contribution >= 4 is 11.7 Å². The monoisotopic (exact) mass is 401 g/mol. The molecule has 2 amide bonds. The molecule has 0 aliphatic rings. The summed E-state index contributed by atoms with van der Waals surface area (Å²) in [4.78, 5) is 14.6. The first-order valence-electron chi connectivity index (χ1n) is 10.6. The molecule has 0 aliphatic heterocycles. The van der Waals surface area contributed by atoms with Crippen molar-refractivity contribution in [2.45, 2.75) is 39.3 Å². The van der Waals surface area contributed by atoms with Crippen LogP contribution in [0.5, 0.6) is 0 Å². The number of carbonyl (C=O) groups excluding carboxylic acids is 1. The molecule has 4 nitrogen and oxygen atoms in total. The minimum atomic E-state index is -0.146. The fourth-order valence-electron chi connectivity index (χ4n) is 3.45. The lowest BCUT2D eigenvalue weighted by Crippen LogP contribution is -2.45. The predicted octanol–water partition coefficient (Wildman–Crippen LogP) is 5.37. The maximum atomic E-state index is 12.9. The van der Waals surface area contributed by atoms with Crippen LogP contribution in [0.4, 0.5) is 10.5 Å². The summed E-state index contributed by atoms with van der Waals surface area (Å²) in [6.45, 7) is 5.03.